The molecule has 0 atom stereocenters. The number of aromatic nitrogens is 1. The lowest BCUT2D eigenvalue weighted by Crippen LogP contribution is -1.88. The molecular weight excluding hydrogens is 251 g/mol. The predicted octanol–water partition coefficient (Wildman–Crippen LogP) is 4.14. The largest absolute Gasteiger partial charge is 0.399 e. The molecule has 3 aromatic rings. The number of hydrogen-bond acceptors (Lipinski definition) is 2. The fourth-order valence-electron chi connectivity index (χ4n) is 2.11. The molecule has 3 heteroatoms. The van der Waals surface area contributed by atoms with Crippen LogP contribution in [0.15, 0.2) is 66.9 Å². The van der Waals surface area contributed by atoms with E-state index in [1.807, 2.05) is 36.4 Å². The lowest BCUT2D eigenvalue weighted by Gasteiger charge is -2.06. The molecule has 1 aromatic heterocycles. The van der Waals surface area contributed by atoms with E-state index in [2.05, 4.69) is 4.98 Å². The molecule has 0 aliphatic rings. The van der Waals surface area contributed by atoms with Gasteiger partial charge in [-0.3, -0.25) is 4.98 Å². The van der Waals surface area contributed by atoms with Crippen LogP contribution in [-0.4, -0.2) is 4.98 Å². The fourth-order valence-corrected chi connectivity index (χ4v) is 2.11. The Hall–Kier alpha value is -2.68. The molecule has 2 N–H and O–H groups in total. The molecule has 0 bridgehead atoms. The van der Waals surface area contributed by atoms with Crippen LogP contribution < -0.4 is 5.73 Å². The highest BCUT2D eigenvalue weighted by molar-refractivity contribution is 5.72. The molecule has 0 aliphatic carbocycles. The normalized spacial score (nSPS) is 10.4. The summed E-state index contributed by atoms with van der Waals surface area (Å²) >= 11 is 0. The molecule has 2 nitrogen and oxygen atoms in total. The molecule has 0 unspecified atom stereocenters. The van der Waals surface area contributed by atoms with Gasteiger partial charge >= 0.3 is 0 Å². The average Bonchev–Trinajstić information content (AvgIpc) is 2.48. The van der Waals surface area contributed by atoms with Crippen molar-refractivity contribution in [3.8, 4) is 22.4 Å². The third kappa shape index (κ3) is 2.52. The van der Waals surface area contributed by atoms with Crippen molar-refractivity contribution in [1.82, 2.24) is 4.98 Å². The lowest BCUT2D eigenvalue weighted by atomic mass is 10.0. The Balaban J connectivity index is 2.03. The molecule has 1 heterocycles. The quantitative estimate of drug-likeness (QED) is 0.706. The third-order valence-corrected chi connectivity index (χ3v) is 3.12. The number of hydrogen-bond donors (Lipinski definition) is 1. The van der Waals surface area contributed by atoms with Crippen LogP contribution >= 0.6 is 0 Å². The number of rotatable bonds is 2. The zero-order valence-corrected chi connectivity index (χ0v) is 10.8. The van der Waals surface area contributed by atoms with Gasteiger partial charge < -0.3 is 5.73 Å². The molecule has 98 valence electrons. The molecular formula is C17H13FN2. The van der Waals surface area contributed by atoms with Crippen molar-refractivity contribution in [3.63, 3.8) is 0 Å². The molecule has 0 amide bonds. The van der Waals surface area contributed by atoms with Crippen LogP contribution in [0, 0.1) is 5.82 Å². The van der Waals surface area contributed by atoms with Crippen molar-refractivity contribution in [2.45, 2.75) is 0 Å². The molecule has 0 spiro atoms. The zero-order chi connectivity index (χ0) is 13.9. The van der Waals surface area contributed by atoms with Gasteiger partial charge in [0.25, 0.3) is 0 Å². The highest BCUT2D eigenvalue weighted by Crippen LogP contribution is 2.25. The minimum absolute atomic E-state index is 0.249. The van der Waals surface area contributed by atoms with Gasteiger partial charge in [-0.05, 0) is 59.7 Å². The molecule has 2 aromatic carbocycles. The molecule has 0 fully saturated rings. The van der Waals surface area contributed by atoms with E-state index in [-0.39, 0.29) is 5.82 Å². The van der Waals surface area contributed by atoms with E-state index >= 15 is 0 Å². The second-order valence-corrected chi connectivity index (χ2v) is 4.56. The number of nitrogen functional groups attached to an aromatic ring is 1. The van der Waals surface area contributed by atoms with Crippen molar-refractivity contribution in [1.29, 1.82) is 0 Å². The number of benzene rings is 2. The first kappa shape index (κ1) is 12.4. The Kier molecular flexibility index (Phi) is 3.17. The van der Waals surface area contributed by atoms with Crippen molar-refractivity contribution in [2.75, 3.05) is 5.73 Å². The minimum atomic E-state index is -0.249. The molecule has 20 heavy (non-hydrogen) atoms. The maximum Gasteiger partial charge on any atom is 0.123 e. The first-order valence-corrected chi connectivity index (χ1v) is 6.30. The van der Waals surface area contributed by atoms with E-state index in [9.17, 15) is 4.39 Å². The summed E-state index contributed by atoms with van der Waals surface area (Å²) in [7, 11) is 0. The highest BCUT2D eigenvalue weighted by atomic mass is 19.1. The van der Waals surface area contributed by atoms with E-state index in [0.717, 1.165) is 28.1 Å². The number of nitrogens with zero attached hydrogens (tertiary/aromatic N) is 1. The molecule has 0 saturated heterocycles. The number of halogens is 1. The SMILES string of the molecule is Nc1cccc(-c2ccnc(-c3ccc(F)cc3)c2)c1. The fraction of sp³-hybridized carbons (Fsp3) is 0. The minimum Gasteiger partial charge on any atom is -0.399 e. The van der Waals surface area contributed by atoms with Gasteiger partial charge in [-0.1, -0.05) is 12.1 Å². The van der Waals surface area contributed by atoms with Gasteiger partial charge in [-0.25, -0.2) is 4.39 Å². The topological polar surface area (TPSA) is 38.9 Å². The highest BCUT2D eigenvalue weighted by Gasteiger charge is 2.03. The standard InChI is InChI=1S/C17H13FN2/c18-15-6-4-12(5-7-15)17-11-14(8-9-20-17)13-2-1-3-16(19)10-13/h1-11H,19H2. The molecule has 0 aliphatic heterocycles. The summed E-state index contributed by atoms with van der Waals surface area (Å²) in [6.07, 6.45) is 1.75. The molecule has 0 radical (unpaired) electrons. The summed E-state index contributed by atoms with van der Waals surface area (Å²) in [5.41, 5.74) is 10.3. The average molecular weight is 264 g/mol. The van der Waals surface area contributed by atoms with E-state index in [0.29, 0.717) is 0 Å². The predicted molar refractivity (Wildman–Crippen MR) is 79.5 cm³/mol. The summed E-state index contributed by atoms with van der Waals surface area (Å²) in [5.74, 6) is -0.249. The van der Waals surface area contributed by atoms with E-state index in [1.54, 1.807) is 18.3 Å². The van der Waals surface area contributed by atoms with Gasteiger partial charge in [0.2, 0.25) is 0 Å². The first-order chi connectivity index (χ1) is 9.72. The maximum absolute atomic E-state index is 13.0. The molecule has 0 saturated carbocycles. The Morgan fingerprint density at radius 3 is 2.30 bits per heavy atom. The monoisotopic (exact) mass is 264 g/mol. The van der Waals surface area contributed by atoms with Gasteiger partial charge in [-0.2, -0.15) is 0 Å². The summed E-state index contributed by atoms with van der Waals surface area (Å²) in [4.78, 5) is 4.33. The smallest absolute Gasteiger partial charge is 0.123 e. The summed E-state index contributed by atoms with van der Waals surface area (Å²) < 4.78 is 13.0. The van der Waals surface area contributed by atoms with E-state index in [4.69, 9.17) is 5.73 Å². The van der Waals surface area contributed by atoms with E-state index in [1.165, 1.54) is 12.1 Å². The lowest BCUT2D eigenvalue weighted by molar-refractivity contribution is 0.628. The van der Waals surface area contributed by atoms with Crippen LogP contribution in [0.3, 0.4) is 0 Å². The number of anilines is 1. The second kappa shape index (κ2) is 5.13. The van der Waals surface area contributed by atoms with Crippen LogP contribution in [0.4, 0.5) is 10.1 Å². The summed E-state index contributed by atoms with van der Waals surface area (Å²) in [6.45, 7) is 0. The van der Waals surface area contributed by atoms with Gasteiger partial charge in [0.05, 0.1) is 5.69 Å². The van der Waals surface area contributed by atoms with Crippen LogP contribution in [0.25, 0.3) is 22.4 Å². The van der Waals surface area contributed by atoms with Gasteiger partial charge in [0.15, 0.2) is 0 Å². The van der Waals surface area contributed by atoms with Crippen molar-refractivity contribution >= 4 is 5.69 Å². The van der Waals surface area contributed by atoms with Crippen molar-refractivity contribution in [3.05, 3.63) is 72.7 Å². The maximum atomic E-state index is 13.0. The summed E-state index contributed by atoms with van der Waals surface area (Å²) in [5, 5.41) is 0. The van der Waals surface area contributed by atoms with Gasteiger partial charge in [-0.15, -0.1) is 0 Å². The molecule has 3 rings (SSSR count). The second-order valence-electron chi connectivity index (χ2n) is 4.56. The van der Waals surface area contributed by atoms with Gasteiger partial charge in [0.1, 0.15) is 5.82 Å². The zero-order valence-electron chi connectivity index (χ0n) is 10.8. The third-order valence-electron chi connectivity index (χ3n) is 3.12. The van der Waals surface area contributed by atoms with Crippen LogP contribution in [0.5, 0.6) is 0 Å². The van der Waals surface area contributed by atoms with Crippen LogP contribution in [0.2, 0.25) is 0 Å². The Labute approximate surface area is 116 Å². The summed E-state index contributed by atoms with van der Waals surface area (Å²) in [6, 6.07) is 17.9. The Morgan fingerprint density at radius 1 is 0.800 bits per heavy atom. The Morgan fingerprint density at radius 2 is 1.55 bits per heavy atom. The number of nitrogens with two attached hydrogens (primary N) is 1. The first-order valence-electron chi connectivity index (χ1n) is 6.30. The number of pyridine rings is 1. The van der Waals surface area contributed by atoms with Crippen molar-refractivity contribution < 1.29 is 4.39 Å². The van der Waals surface area contributed by atoms with Crippen molar-refractivity contribution in [2.24, 2.45) is 0 Å². The van der Waals surface area contributed by atoms with Gasteiger partial charge in [0, 0.05) is 17.4 Å². The Bertz CT molecular complexity index is 736. The van der Waals surface area contributed by atoms with Crippen LogP contribution in [-0.2, 0) is 0 Å². The van der Waals surface area contributed by atoms with E-state index < -0.39 is 0 Å². The van der Waals surface area contributed by atoms with Crippen LogP contribution in [0.1, 0.15) is 0 Å².